The zero-order valence-electron chi connectivity index (χ0n) is 18.5. The summed E-state index contributed by atoms with van der Waals surface area (Å²) >= 11 is 0. The first-order valence-electron chi connectivity index (χ1n) is 9.40. The second-order valence-corrected chi connectivity index (χ2v) is 5.88. The highest BCUT2D eigenvalue weighted by Gasteiger charge is 2.14. The molecule has 0 atom stereocenters. The minimum Gasteiger partial charge on any atom is -0.367 e. The van der Waals surface area contributed by atoms with E-state index < -0.39 is 0 Å². The molecule has 1 aromatic carbocycles. The maximum atomic E-state index is 8.90. The Morgan fingerprint density at radius 2 is 1.50 bits per heavy atom. The van der Waals surface area contributed by atoms with E-state index in [0.29, 0.717) is 12.1 Å². The monoisotopic (exact) mass is 356 g/mol. The first kappa shape index (κ1) is 28.5. The van der Waals surface area contributed by atoms with Crippen LogP contribution in [0.15, 0.2) is 55.7 Å². The number of hydrogen-bond acceptors (Lipinski definition) is 2. The van der Waals surface area contributed by atoms with Crippen LogP contribution in [0.4, 0.5) is 5.69 Å². The van der Waals surface area contributed by atoms with Gasteiger partial charge in [0.1, 0.15) is 0 Å². The summed E-state index contributed by atoms with van der Waals surface area (Å²) in [6.07, 6.45) is 7.33. The van der Waals surface area contributed by atoms with Crippen molar-refractivity contribution >= 4 is 5.69 Å². The molecule has 1 rings (SSSR count). The van der Waals surface area contributed by atoms with Crippen LogP contribution >= 0.6 is 0 Å². The summed E-state index contributed by atoms with van der Waals surface area (Å²) < 4.78 is 0. The fourth-order valence-corrected chi connectivity index (χ4v) is 2.26. The van der Waals surface area contributed by atoms with Crippen LogP contribution in [0.5, 0.6) is 0 Å². The van der Waals surface area contributed by atoms with E-state index in [1.54, 1.807) is 12.2 Å². The van der Waals surface area contributed by atoms with Crippen molar-refractivity contribution in [1.29, 1.82) is 5.26 Å². The van der Waals surface area contributed by atoms with Gasteiger partial charge < -0.3 is 4.90 Å². The maximum Gasteiger partial charge on any atom is 0.0994 e. The third-order valence-electron chi connectivity index (χ3n) is 3.07. The average Bonchev–Trinajstić information content (AvgIpc) is 2.58. The van der Waals surface area contributed by atoms with Crippen LogP contribution in [0.1, 0.15) is 66.5 Å². The highest BCUT2D eigenvalue weighted by Crippen LogP contribution is 2.22. The highest BCUT2D eigenvalue weighted by atomic mass is 15.2. The van der Waals surface area contributed by atoms with Gasteiger partial charge >= 0.3 is 0 Å². The van der Waals surface area contributed by atoms with Crippen LogP contribution in [0.25, 0.3) is 0 Å². The highest BCUT2D eigenvalue weighted by molar-refractivity contribution is 5.54. The average molecular weight is 357 g/mol. The molecule has 0 aromatic heterocycles. The second-order valence-electron chi connectivity index (χ2n) is 5.88. The number of aryl methyl sites for hydroxylation is 1. The standard InChI is InChI=1S/C14H20N2.C5H8.C3H6.C2H6/c1-10(2)16(11(3)4)14-7-6-13(9-15)12(5)8-14;1-3-5-4-2;1-3-2;1-2/h6-8,10-11H,1-5H3;3-5H,1H2,2H3;3H,1H2,2H3;1-2H3/b;5-4-;;. The first-order chi connectivity index (χ1) is 12.3. The summed E-state index contributed by atoms with van der Waals surface area (Å²) in [6, 6.07) is 9.17. The molecule has 0 fully saturated rings. The molecular weight excluding hydrogens is 316 g/mol. The number of benzene rings is 1. The van der Waals surface area contributed by atoms with Crippen molar-refractivity contribution in [2.45, 2.75) is 74.4 Å². The van der Waals surface area contributed by atoms with Crippen molar-refractivity contribution < 1.29 is 0 Å². The first-order valence-corrected chi connectivity index (χ1v) is 9.40. The van der Waals surface area contributed by atoms with Crippen molar-refractivity contribution in [3.05, 3.63) is 66.8 Å². The molecular formula is C24H40N2. The SMILES string of the molecule is C=C/C=C\C.C=CC.CC.Cc1cc(N(C(C)C)C(C)C)ccc1C#N. The van der Waals surface area contributed by atoms with E-state index in [4.69, 9.17) is 5.26 Å². The summed E-state index contributed by atoms with van der Waals surface area (Å²) in [5.74, 6) is 0. The van der Waals surface area contributed by atoms with E-state index in [1.165, 1.54) is 5.69 Å². The van der Waals surface area contributed by atoms with E-state index in [9.17, 15) is 0 Å². The molecule has 0 unspecified atom stereocenters. The van der Waals surface area contributed by atoms with Gasteiger partial charge in [0.15, 0.2) is 0 Å². The molecule has 0 saturated carbocycles. The topological polar surface area (TPSA) is 27.0 Å². The number of anilines is 1. The van der Waals surface area contributed by atoms with E-state index in [2.05, 4.69) is 57.9 Å². The number of nitrogens with zero attached hydrogens (tertiary/aromatic N) is 2. The van der Waals surface area contributed by atoms with Gasteiger partial charge in [0.25, 0.3) is 0 Å². The lowest BCUT2D eigenvalue weighted by atomic mass is 10.1. The number of allylic oxidation sites excluding steroid dienone is 4. The summed E-state index contributed by atoms with van der Waals surface area (Å²) in [6.45, 7) is 25.4. The second kappa shape index (κ2) is 19.1. The van der Waals surface area contributed by atoms with Crippen LogP contribution in [0.2, 0.25) is 0 Å². The molecule has 0 saturated heterocycles. The van der Waals surface area contributed by atoms with E-state index in [1.807, 2.05) is 58.9 Å². The summed E-state index contributed by atoms with van der Waals surface area (Å²) in [5, 5.41) is 8.90. The molecule has 1 aromatic rings. The Morgan fingerprint density at radius 1 is 1.04 bits per heavy atom. The Kier molecular flexibility index (Phi) is 20.9. The molecule has 0 spiro atoms. The Balaban J connectivity index is -0.000000441. The quantitative estimate of drug-likeness (QED) is 0.413. The van der Waals surface area contributed by atoms with E-state index in [-0.39, 0.29) is 0 Å². The Labute approximate surface area is 163 Å². The smallest absolute Gasteiger partial charge is 0.0994 e. The summed E-state index contributed by atoms with van der Waals surface area (Å²) in [7, 11) is 0. The van der Waals surface area contributed by atoms with E-state index >= 15 is 0 Å². The Hall–Kier alpha value is -2.27. The number of hydrogen-bond donors (Lipinski definition) is 0. The van der Waals surface area contributed by atoms with Crippen molar-refractivity contribution in [1.82, 2.24) is 0 Å². The third kappa shape index (κ3) is 13.1. The maximum absolute atomic E-state index is 8.90. The lowest BCUT2D eigenvalue weighted by molar-refractivity contribution is 0.608. The lowest BCUT2D eigenvalue weighted by Gasteiger charge is -2.33. The van der Waals surface area contributed by atoms with Crippen LogP contribution in [0, 0.1) is 18.3 Å². The molecule has 0 aliphatic heterocycles. The van der Waals surface area contributed by atoms with Crippen molar-refractivity contribution in [2.75, 3.05) is 4.90 Å². The fourth-order valence-electron chi connectivity index (χ4n) is 2.26. The van der Waals surface area contributed by atoms with Gasteiger partial charge in [-0.2, -0.15) is 5.26 Å². The molecule has 146 valence electrons. The van der Waals surface area contributed by atoms with Gasteiger partial charge in [0.05, 0.1) is 11.6 Å². The summed E-state index contributed by atoms with van der Waals surface area (Å²) in [5.41, 5.74) is 3.00. The van der Waals surface area contributed by atoms with Crippen molar-refractivity contribution in [3.8, 4) is 6.07 Å². The Morgan fingerprint density at radius 3 is 1.73 bits per heavy atom. The minimum atomic E-state index is 0.465. The molecule has 0 amide bonds. The van der Waals surface area contributed by atoms with Gasteiger partial charge in [-0.3, -0.25) is 0 Å². The molecule has 0 aliphatic carbocycles. The van der Waals surface area contributed by atoms with Crippen LogP contribution < -0.4 is 4.90 Å². The zero-order valence-corrected chi connectivity index (χ0v) is 18.5. The Bertz CT molecular complexity index is 538. The molecule has 0 N–H and O–H groups in total. The van der Waals surface area contributed by atoms with Gasteiger partial charge in [-0.05, 0) is 72.2 Å². The van der Waals surface area contributed by atoms with Gasteiger partial charge in [0, 0.05) is 17.8 Å². The fraction of sp³-hybridized carbons (Fsp3) is 0.458. The zero-order chi connectivity index (χ0) is 21.1. The molecule has 0 bridgehead atoms. The molecule has 26 heavy (non-hydrogen) atoms. The minimum absolute atomic E-state index is 0.465. The van der Waals surface area contributed by atoms with Gasteiger partial charge in [-0.25, -0.2) is 0 Å². The van der Waals surface area contributed by atoms with Crippen molar-refractivity contribution in [2.24, 2.45) is 0 Å². The summed E-state index contributed by atoms with van der Waals surface area (Å²) in [4.78, 5) is 2.36. The van der Waals surface area contributed by atoms with Gasteiger partial charge in [-0.15, -0.1) is 6.58 Å². The van der Waals surface area contributed by atoms with Crippen molar-refractivity contribution in [3.63, 3.8) is 0 Å². The predicted octanol–water partition coefficient (Wildman–Crippen LogP) is 7.46. The molecule has 2 heteroatoms. The van der Waals surface area contributed by atoms with Gasteiger partial charge in [0.2, 0.25) is 0 Å². The largest absolute Gasteiger partial charge is 0.367 e. The third-order valence-corrected chi connectivity index (χ3v) is 3.07. The lowest BCUT2D eigenvalue weighted by Crippen LogP contribution is -2.37. The predicted molar refractivity (Wildman–Crippen MR) is 121 cm³/mol. The van der Waals surface area contributed by atoms with Crippen LogP contribution in [0.3, 0.4) is 0 Å². The van der Waals surface area contributed by atoms with E-state index in [0.717, 1.165) is 11.1 Å². The normalized spacial score (nSPS) is 9.00. The van der Waals surface area contributed by atoms with Crippen LogP contribution in [-0.4, -0.2) is 12.1 Å². The molecule has 0 heterocycles. The molecule has 0 radical (unpaired) electrons. The number of nitriles is 1. The molecule has 2 nitrogen and oxygen atoms in total. The molecule has 0 aliphatic rings. The van der Waals surface area contributed by atoms with Crippen LogP contribution in [-0.2, 0) is 0 Å². The number of rotatable bonds is 4. The van der Waals surface area contributed by atoms with Gasteiger partial charge in [-0.1, -0.05) is 44.7 Å².